The quantitative estimate of drug-likeness (QED) is 0.156. The fraction of sp³-hybridized carbons (Fsp3) is 0. The second-order valence-corrected chi connectivity index (χ2v) is 11.8. The molecule has 0 heterocycles. The number of fused-ring (bicyclic) bond motifs is 7. The molecule has 10 aromatic carbocycles. The monoisotopic (exact) mass is 558 g/mol. The fourth-order valence-corrected chi connectivity index (χ4v) is 7.97. The molecule has 0 saturated carbocycles. The third kappa shape index (κ3) is 2.85. The maximum absolute atomic E-state index is 13.2. The summed E-state index contributed by atoms with van der Waals surface area (Å²) >= 11 is 0. The molecule has 0 saturated heterocycles. The summed E-state index contributed by atoms with van der Waals surface area (Å²) in [5.74, 6) is 0. The van der Waals surface area contributed by atoms with Gasteiger partial charge < -0.3 is 0 Å². The Morgan fingerprint density at radius 2 is 0.682 bits per heavy atom. The summed E-state index contributed by atoms with van der Waals surface area (Å²) in [7, 11) is 0. The topological polar surface area (TPSA) is 34.1 Å². The van der Waals surface area contributed by atoms with E-state index >= 15 is 0 Å². The Hall–Kier alpha value is -5.86. The molecule has 0 bridgehead atoms. The first-order valence-electron chi connectivity index (χ1n) is 14.9. The zero-order valence-corrected chi connectivity index (χ0v) is 23.5. The van der Waals surface area contributed by atoms with E-state index in [-0.39, 0.29) is 0 Å². The van der Waals surface area contributed by atoms with Crippen molar-refractivity contribution in [1.29, 1.82) is 0 Å². The van der Waals surface area contributed by atoms with Crippen molar-refractivity contribution in [3.63, 3.8) is 0 Å². The van der Waals surface area contributed by atoms with Crippen LogP contribution in [0.4, 0.5) is 0 Å². The van der Waals surface area contributed by atoms with Crippen molar-refractivity contribution < 1.29 is 0 Å². The molecule has 2 heteroatoms. The van der Waals surface area contributed by atoms with Crippen molar-refractivity contribution in [1.82, 2.24) is 0 Å². The van der Waals surface area contributed by atoms with Crippen LogP contribution in [0.5, 0.6) is 0 Å². The van der Waals surface area contributed by atoms with E-state index in [2.05, 4.69) is 115 Å². The average molecular weight is 559 g/mol. The Morgan fingerprint density at radius 1 is 0.273 bits per heavy atom. The third-order valence-corrected chi connectivity index (χ3v) is 9.69. The lowest BCUT2D eigenvalue weighted by molar-refractivity contribution is 1.67. The van der Waals surface area contributed by atoms with Crippen LogP contribution in [0.1, 0.15) is 0 Å². The van der Waals surface area contributed by atoms with Crippen LogP contribution >= 0.6 is 0 Å². The van der Waals surface area contributed by atoms with Crippen LogP contribution in [0.3, 0.4) is 0 Å². The smallest absolute Gasteiger partial charge is 0.234 e. The first-order valence-corrected chi connectivity index (χ1v) is 14.9. The standard InChI is InChI=1S/C42H22O2/c43-41-30-20-10-18-28-31-21-33-37-27(32(31)22-34(38(28)30)42(41)44)17-9-19-29(37)39-35(23-11-3-1-4-12-23)25-15-7-8-16-26(25)36(40(33)39)24-13-5-2-6-14-24/h1-22H. The largest absolute Gasteiger partial charge is 0.285 e. The minimum absolute atomic E-state index is 0.408. The second-order valence-electron chi connectivity index (χ2n) is 11.8. The number of hydrogen-bond acceptors (Lipinski definition) is 2. The molecule has 0 amide bonds. The van der Waals surface area contributed by atoms with E-state index in [1.165, 1.54) is 60.0 Å². The molecule has 202 valence electrons. The summed E-state index contributed by atoms with van der Waals surface area (Å²) in [6.45, 7) is 0. The first-order chi connectivity index (χ1) is 21.7. The SMILES string of the molecule is O=c1c(=O)c2cc3c(cc4c5c(-c6ccccc6)c6ccccc6c(-c6ccccc6)c5c5cccc3c54)c3cccc1c23. The van der Waals surface area contributed by atoms with Gasteiger partial charge in [-0.05, 0) is 93.6 Å². The molecule has 0 unspecified atom stereocenters. The Morgan fingerprint density at radius 3 is 1.27 bits per heavy atom. The highest BCUT2D eigenvalue weighted by Gasteiger charge is 2.25. The molecular formula is C42H22O2. The molecule has 0 aromatic heterocycles. The van der Waals surface area contributed by atoms with E-state index in [0.29, 0.717) is 10.8 Å². The zero-order valence-electron chi connectivity index (χ0n) is 23.5. The van der Waals surface area contributed by atoms with E-state index in [0.717, 1.165) is 26.9 Å². The Labute approximate surface area is 251 Å². The van der Waals surface area contributed by atoms with Crippen molar-refractivity contribution in [3.8, 4) is 22.3 Å². The lowest BCUT2D eigenvalue weighted by Gasteiger charge is -2.16. The summed E-state index contributed by atoms with van der Waals surface area (Å²) in [6.07, 6.45) is 0. The van der Waals surface area contributed by atoms with Gasteiger partial charge in [0.15, 0.2) is 0 Å². The van der Waals surface area contributed by atoms with Crippen LogP contribution in [-0.2, 0) is 0 Å². The number of hydrogen-bond donors (Lipinski definition) is 0. The van der Waals surface area contributed by atoms with Crippen molar-refractivity contribution in [2.24, 2.45) is 0 Å². The summed E-state index contributed by atoms with van der Waals surface area (Å²) in [4.78, 5) is 26.1. The number of rotatable bonds is 2. The molecule has 0 fully saturated rings. The van der Waals surface area contributed by atoms with Crippen LogP contribution in [0.15, 0.2) is 143 Å². The second kappa shape index (κ2) is 8.37. The van der Waals surface area contributed by atoms with E-state index in [9.17, 15) is 9.59 Å². The molecule has 0 aliphatic heterocycles. The van der Waals surface area contributed by atoms with Gasteiger partial charge in [0, 0.05) is 16.2 Å². The lowest BCUT2D eigenvalue weighted by atomic mass is 9.86. The van der Waals surface area contributed by atoms with Crippen molar-refractivity contribution >= 4 is 75.4 Å². The average Bonchev–Trinajstić information content (AvgIpc) is 3.53. The Kier molecular flexibility index (Phi) is 4.50. The van der Waals surface area contributed by atoms with Gasteiger partial charge in [0.1, 0.15) is 0 Å². The van der Waals surface area contributed by atoms with E-state index in [1.807, 2.05) is 12.1 Å². The van der Waals surface area contributed by atoms with Gasteiger partial charge in [0.2, 0.25) is 10.9 Å². The molecule has 0 spiro atoms. The van der Waals surface area contributed by atoms with Gasteiger partial charge >= 0.3 is 0 Å². The zero-order chi connectivity index (χ0) is 29.1. The van der Waals surface area contributed by atoms with E-state index in [4.69, 9.17) is 0 Å². The van der Waals surface area contributed by atoms with Crippen LogP contribution in [0.25, 0.3) is 97.7 Å². The normalized spacial score (nSPS) is 12.3. The molecule has 10 rings (SSSR count). The van der Waals surface area contributed by atoms with Crippen LogP contribution < -0.4 is 10.9 Å². The van der Waals surface area contributed by atoms with E-state index < -0.39 is 10.9 Å². The molecule has 0 aliphatic carbocycles. The molecule has 0 N–H and O–H groups in total. The van der Waals surface area contributed by atoms with Crippen molar-refractivity contribution in [2.45, 2.75) is 0 Å². The van der Waals surface area contributed by atoms with Gasteiger partial charge in [-0.3, -0.25) is 9.59 Å². The highest BCUT2D eigenvalue weighted by atomic mass is 16.2. The maximum atomic E-state index is 13.2. The van der Waals surface area contributed by atoms with Gasteiger partial charge in [0.25, 0.3) is 0 Å². The minimum Gasteiger partial charge on any atom is -0.285 e. The van der Waals surface area contributed by atoms with Gasteiger partial charge in [-0.25, -0.2) is 0 Å². The maximum Gasteiger partial charge on any atom is 0.234 e. The molecule has 0 radical (unpaired) electrons. The molecule has 44 heavy (non-hydrogen) atoms. The minimum atomic E-state index is -0.409. The highest BCUT2D eigenvalue weighted by Crippen LogP contribution is 2.52. The Balaban J connectivity index is 1.56. The van der Waals surface area contributed by atoms with Crippen LogP contribution in [-0.4, -0.2) is 0 Å². The van der Waals surface area contributed by atoms with Crippen LogP contribution in [0, 0.1) is 0 Å². The molecule has 0 atom stereocenters. The van der Waals surface area contributed by atoms with Crippen molar-refractivity contribution in [3.05, 3.63) is 154 Å². The van der Waals surface area contributed by atoms with E-state index in [1.54, 1.807) is 6.07 Å². The molecule has 10 aromatic rings. The molecule has 0 aliphatic rings. The summed E-state index contributed by atoms with van der Waals surface area (Å²) in [5.41, 5.74) is 4.01. The predicted octanol–water partition coefficient (Wildman–Crippen LogP) is 10.1. The summed E-state index contributed by atoms with van der Waals surface area (Å²) in [5, 5.41) is 14.4. The predicted molar refractivity (Wildman–Crippen MR) is 186 cm³/mol. The Bertz CT molecular complexity index is 2890. The first kappa shape index (κ1) is 23.7. The van der Waals surface area contributed by atoms with Crippen molar-refractivity contribution in [2.75, 3.05) is 0 Å². The van der Waals surface area contributed by atoms with Gasteiger partial charge in [-0.15, -0.1) is 0 Å². The summed E-state index contributed by atoms with van der Waals surface area (Å²) in [6, 6.07) is 46.8. The highest BCUT2D eigenvalue weighted by molar-refractivity contribution is 6.43. The van der Waals surface area contributed by atoms with Gasteiger partial charge in [-0.2, -0.15) is 0 Å². The number of benzene rings is 8. The third-order valence-electron chi connectivity index (χ3n) is 9.69. The lowest BCUT2D eigenvalue weighted by Crippen LogP contribution is -2.16. The fourth-order valence-electron chi connectivity index (χ4n) is 7.97. The molecule has 2 nitrogen and oxygen atoms in total. The van der Waals surface area contributed by atoms with Gasteiger partial charge in [-0.1, -0.05) is 121 Å². The molecular weight excluding hydrogens is 536 g/mol. The van der Waals surface area contributed by atoms with Crippen LogP contribution in [0.2, 0.25) is 0 Å². The van der Waals surface area contributed by atoms with Gasteiger partial charge in [0.05, 0.1) is 0 Å². The summed E-state index contributed by atoms with van der Waals surface area (Å²) < 4.78 is 0.